The molecule has 4 aromatic rings. The fourth-order valence-corrected chi connectivity index (χ4v) is 5.05. The first-order chi connectivity index (χ1) is 15.6. The predicted octanol–water partition coefficient (Wildman–Crippen LogP) is 4.73. The van der Waals surface area contributed by atoms with Gasteiger partial charge in [0.25, 0.3) is 0 Å². The fourth-order valence-electron chi connectivity index (χ4n) is 5.05. The van der Waals surface area contributed by atoms with Crippen LogP contribution in [0, 0.1) is 5.82 Å². The molecule has 1 aliphatic heterocycles. The minimum absolute atomic E-state index is 0.368. The molecule has 4 heterocycles. The van der Waals surface area contributed by atoms with Crippen molar-refractivity contribution in [2.45, 2.75) is 31.2 Å². The van der Waals surface area contributed by atoms with Crippen molar-refractivity contribution in [2.24, 2.45) is 5.73 Å². The molecule has 1 aliphatic carbocycles. The van der Waals surface area contributed by atoms with E-state index in [1.54, 1.807) is 24.4 Å². The molecule has 0 radical (unpaired) electrons. The van der Waals surface area contributed by atoms with Crippen LogP contribution in [0.1, 0.15) is 47.4 Å². The zero-order valence-corrected chi connectivity index (χ0v) is 17.2. The Kier molecular flexibility index (Phi) is 4.18. The second kappa shape index (κ2) is 7.09. The van der Waals surface area contributed by atoms with Crippen LogP contribution in [0.25, 0.3) is 33.9 Å². The molecule has 6 rings (SSSR count). The number of pyridine rings is 2. The number of benzene rings is 1. The van der Waals surface area contributed by atoms with E-state index in [4.69, 9.17) is 10.7 Å². The van der Waals surface area contributed by atoms with E-state index in [1.165, 1.54) is 12.3 Å². The summed E-state index contributed by atoms with van der Waals surface area (Å²) in [5, 5.41) is 0. The molecule has 6 nitrogen and oxygen atoms in total. The van der Waals surface area contributed by atoms with Gasteiger partial charge in [-0.2, -0.15) is 0 Å². The van der Waals surface area contributed by atoms with Gasteiger partial charge in [0.2, 0.25) is 5.91 Å². The number of carbonyl (C=O) groups excluding carboxylic acids is 1. The molecule has 2 N–H and O–H groups in total. The number of carbonyl (C=O) groups is 1. The lowest BCUT2D eigenvalue weighted by Gasteiger charge is -2.17. The molecule has 158 valence electrons. The molecule has 0 spiro atoms. The summed E-state index contributed by atoms with van der Waals surface area (Å²) < 4.78 is 15.9. The molecule has 1 saturated carbocycles. The highest BCUT2D eigenvalue weighted by molar-refractivity contribution is 5.93. The Hall–Kier alpha value is -3.87. The summed E-state index contributed by atoms with van der Waals surface area (Å²) in [5.74, 6) is 0.740. The number of hydrogen-bond acceptors (Lipinski definition) is 4. The number of fused-ring (bicyclic) bond motifs is 5. The highest BCUT2D eigenvalue weighted by atomic mass is 19.1. The standard InChI is InChI=1S/C25H20FN5O/c26-18-6-8-20(29-13-18)22-23(31-19-7-5-17(11-19)25(31)30-22)16-9-10-28-21(12-16)14-1-3-15(4-2-14)24(27)32/h1-4,6,8-10,12-13,17,19H,5,7,11H2,(H2,27,32)/t17-,19+/m0/s1. The van der Waals surface area contributed by atoms with Crippen LogP contribution in [-0.2, 0) is 0 Å². The Balaban J connectivity index is 1.50. The van der Waals surface area contributed by atoms with Gasteiger partial charge in [-0.1, -0.05) is 12.1 Å². The van der Waals surface area contributed by atoms with Gasteiger partial charge in [-0.3, -0.25) is 14.8 Å². The van der Waals surface area contributed by atoms with Crippen LogP contribution in [0.3, 0.4) is 0 Å². The van der Waals surface area contributed by atoms with E-state index in [-0.39, 0.29) is 5.82 Å². The maximum absolute atomic E-state index is 13.5. The summed E-state index contributed by atoms with van der Waals surface area (Å²) in [6.07, 6.45) is 6.44. The number of primary amides is 1. The normalized spacial score (nSPS) is 18.7. The highest BCUT2D eigenvalue weighted by Crippen LogP contribution is 2.52. The summed E-state index contributed by atoms with van der Waals surface area (Å²) in [5.41, 5.74) is 10.9. The minimum atomic E-state index is -0.459. The van der Waals surface area contributed by atoms with Gasteiger partial charge in [0.1, 0.15) is 17.3 Å². The van der Waals surface area contributed by atoms with Crippen LogP contribution in [0.4, 0.5) is 4.39 Å². The Morgan fingerprint density at radius 2 is 1.84 bits per heavy atom. The molecule has 3 aromatic heterocycles. The summed E-state index contributed by atoms with van der Waals surface area (Å²) >= 11 is 0. The third-order valence-electron chi connectivity index (χ3n) is 6.54. The number of rotatable bonds is 4. The van der Waals surface area contributed by atoms with Gasteiger partial charge in [0, 0.05) is 34.8 Å². The molecule has 1 aromatic carbocycles. The van der Waals surface area contributed by atoms with Crippen LogP contribution in [0.5, 0.6) is 0 Å². The van der Waals surface area contributed by atoms with Crippen molar-refractivity contribution >= 4 is 5.91 Å². The van der Waals surface area contributed by atoms with Crippen molar-refractivity contribution in [3.05, 3.63) is 78.1 Å². The lowest BCUT2D eigenvalue weighted by atomic mass is 10.0. The van der Waals surface area contributed by atoms with Gasteiger partial charge in [0.05, 0.1) is 23.3 Å². The number of nitrogens with zero attached hydrogens (tertiary/aromatic N) is 4. The van der Waals surface area contributed by atoms with Crippen molar-refractivity contribution in [1.82, 2.24) is 19.5 Å². The summed E-state index contributed by atoms with van der Waals surface area (Å²) in [7, 11) is 0. The van der Waals surface area contributed by atoms with Gasteiger partial charge < -0.3 is 10.3 Å². The Morgan fingerprint density at radius 1 is 1.00 bits per heavy atom. The fraction of sp³-hybridized carbons (Fsp3) is 0.200. The maximum atomic E-state index is 13.5. The van der Waals surface area contributed by atoms with Gasteiger partial charge in [-0.05, 0) is 55.7 Å². The predicted molar refractivity (Wildman–Crippen MR) is 118 cm³/mol. The van der Waals surface area contributed by atoms with Crippen LogP contribution < -0.4 is 5.73 Å². The molecule has 0 saturated heterocycles. The van der Waals surface area contributed by atoms with E-state index >= 15 is 0 Å². The number of hydrogen-bond donors (Lipinski definition) is 1. The van der Waals surface area contributed by atoms with E-state index in [9.17, 15) is 9.18 Å². The monoisotopic (exact) mass is 425 g/mol. The SMILES string of the molecule is NC(=O)c1ccc(-c2cc(-c3c(-c4ccc(F)cn4)nc4n3[C@@H]3CC[C@H]4C3)ccn2)cc1. The molecule has 1 fully saturated rings. The molecule has 2 aliphatic rings. The van der Waals surface area contributed by atoms with Crippen molar-refractivity contribution < 1.29 is 9.18 Å². The molecular formula is C25H20FN5O. The zero-order valence-electron chi connectivity index (χ0n) is 17.2. The largest absolute Gasteiger partial charge is 0.366 e. The average Bonchev–Trinajstić information content (AvgIpc) is 3.52. The van der Waals surface area contributed by atoms with Gasteiger partial charge in [-0.25, -0.2) is 9.37 Å². The van der Waals surface area contributed by atoms with Crippen LogP contribution in [0.15, 0.2) is 60.9 Å². The first-order valence-electron chi connectivity index (χ1n) is 10.7. The number of aromatic nitrogens is 4. The minimum Gasteiger partial charge on any atom is -0.366 e. The van der Waals surface area contributed by atoms with Crippen LogP contribution in [-0.4, -0.2) is 25.4 Å². The van der Waals surface area contributed by atoms with Gasteiger partial charge in [-0.15, -0.1) is 0 Å². The van der Waals surface area contributed by atoms with E-state index in [1.807, 2.05) is 24.3 Å². The second-order valence-electron chi connectivity index (χ2n) is 8.43. The van der Waals surface area contributed by atoms with Crippen molar-refractivity contribution in [2.75, 3.05) is 0 Å². The second-order valence-corrected chi connectivity index (χ2v) is 8.43. The molecule has 1 amide bonds. The molecular weight excluding hydrogens is 405 g/mol. The van der Waals surface area contributed by atoms with E-state index in [0.717, 1.165) is 53.3 Å². The lowest BCUT2D eigenvalue weighted by Crippen LogP contribution is -2.10. The summed E-state index contributed by atoms with van der Waals surface area (Å²) in [4.78, 5) is 25.2. The van der Waals surface area contributed by atoms with Gasteiger partial charge in [0.15, 0.2) is 0 Å². The van der Waals surface area contributed by atoms with Crippen molar-refractivity contribution in [1.29, 1.82) is 0 Å². The average molecular weight is 425 g/mol. The maximum Gasteiger partial charge on any atom is 0.248 e. The number of imidazole rings is 1. The van der Waals surface area contributed by atoms with E-state index < -0.39 is 5.91 Å². The van der Waals surface area contributed by atoms with Gasteiger partial charge >= 0.3 is 0 Å². The lowest BCUT2D eigenvalue weighted by molar-refractivity contribution is 0.100. The van der Waals surface area contributed by atoms with E-state index in [2.05, 4.69) is 14.5 Å². The zero-order chi connectivity index (χ0) is 21.8. The molecule has 0 unspecified atom stereocenters. The summed E-state index contributed by atoms with van der Waals surface area (Å²) in [6.45, 7) is 0. The Morgan fingerprint density at radius 3 is 2.59 bits per heavy atom. The number of halogens is 1. The van der Waals surface area contributed by atoms with Crippen LogP contribution >= 0.6 is 0 Å². The topological polar surface area (TPSA) is 86.7 Å². The van der Waals surface area contributed by atoms with E-state index in [0.29, 0.717) is 23.2 Å². The third-order valence-corrected chi connectivity index (χ3v) is 6.54. The first kappa shape index (κ1) is 18.9. The highest BCUT2D eigenvalue weighted by Gasteiger charge is 2.41. The number of amides is 1. The molecule has 32 heavy (non-hydrogen) atoms. The van der Waals surface area contributed by atoms with Crippen LogP contribution in [0.2, 0.25) is 0 Å². The quantitative estimate of drug-likeness (QED) is 0.512. The Bertz CT molecular complexity index is 1340. The first-order valence-corrected chi connectivity index (χ1v) is 10.7. The molecule has 7 heteroatoms. The smallest absolute Gasteiger partial charge is 0.248 e. The van der Waals surface area contributed by atoms with Crippen molar-refractivity contribution in [3.63, 3.8) is 0 Å². The third kappa shape index (κ3) is 2.92. The Labute approximate surface area is 184 Å². The molecule has 2 bridgehead atoms. The van der Waals surface area contributed by atoms with Crippen molar-refractivity contribution in [3.8, 4) is 33.9 Å². The number of nitrogens with two attached hydrogens (primary N) is 1. The summed E-state index contributed by atoms with van der Waals surface area (Å²) in [6, 6.07) is 14.6. The molecule has 2 atom stereocenters.